The first-order chi connectivity index (χ1) is 9.22. The molecule has 2 aliphatic rings. The maximum Gasteiger partial charge on any atom is 0.230 e. The smallest absolute Gasteiger partial charge is 0.230 e. The summed E-state index contributed by atoms with van der Waals surface area (Å²) in [6.45, 7) is 0.0294. The number of amides is 1. The number of aliphatic hydroxyl groups is 1. The Balaban J connectivity index is 1.51. The van der Waals surface area contributed by atoms with Crippen LogP contribution in [0.15, 0.2) is 11.5 Å². The van der Waals surface area contributed by atoms with Gasteiger partial charge in [-0.25, -0.2) is 0 Å². The van der Waals surface area contributed by atoms with Gasteiger partial charge in [0.05, 0.1) is 17.9 Å². The Labute approximate surface area is 116 Å². The van der Waals surface area contributed by atoms with Crippen LogP contribution in [0.5, 0.6) is 0 Å². The summed E-state index contributed by atoms with van der Waals surface area (Å²) in [5, 5.41) is 21.0. The third-order valence-corrected chi connectivity index (χ3v) is 4.79. The molecule has 0 bridgehead atoms. The highest BCUT2D eigenvalue weighted by Gasteiger charge is 2.37. The fourth-order valence-corrected chi connectivity index (χ4v) is 3.11. The van der Waals surface area contributed by atoms with Crippen LogP contribution in [0.3, 0.4) is 0 Å². The van der Waals surface area contributed by atoms with Gasteiger partial charge in [-0.2, -0.15) is 0 Å². The number of carbonyl (C=O) groups is 1. The van der Waals surface area contributed by atoms with Crippen LogP contribution in [0.25, 0.3) is 0 Å². The molecule has 0 spiro atoms. The predicted molar refractivity (Wildman–Crippen MR) is 70.8 cm³/mol. The number of nitrogens with one attached hydrogen (secondary N) is 1. The molecule has 0 aromatic carbocycles. The van der Waals surface area contributed by atoms with Crippen molar-refractivity contribution in [1.29, 1.82) is 0 Å². The van der Waals surface area contributed by atoms with E-state index >= 15 is 0 Å². The Morgan fingerprint density at radius 3 is 2.95 bits per heavy atom. The lowest BCUT2D eigenvalue weighted by Crippen LogP contribution is -2.56. The molecular formula is C12H18N4O2S. The summed E-state index contributed by atoms with van der Waals surface area (Å²) in [5.74, 6) is 0.289. The van der Waals surface area contributed by atoms with E-state index < -0.39 is 0 Å². The Bertz CT molecular complexity index is 463. The van der Waals surface area contributed by atoms with Crippen LogP contribution >= 0.6 is 11.8 Å². The maximum atomic E-state index is 11.9. The zero-order valence-electron chi connectivity index (χ0n) is 10.7. The minimum absolute atomic E-state index is 0.0294. The molecule has 0 radical (unpaired) electrons. The monoisotopic (exact) mass is 282 g/mol. The van der Waals surface area contributed by atoms with Crippen molar-refractivity contribution >= 4 is 17.7 Å². The maximum absolute atomic E-state index is 11.9. The zero-order valence-corrected chi connectivity index (χ0v) is 11.5. The summed E-state index contributed by atoms with van der Waals surface area (Å²) in [4.78, 5) is 11.9. The highest BCUT2D eigenvalue weighted by molar-refractivity contribution is 7.99. The minimum atomic E-state index is -0.359. The van der Waals surface area contributed by atoms with Gasteiger partial charge in [0.15, 0.2) is 5.16 Å². The van der Waals surface area contributed by atoms with Crippen LogP contribution in [-0.4, -0.2) is 43.7 Å². The van der Waals surface area contributed by atoms with E-state index in [0.29, 0.717) is 11.8 Å². The first kappa shape index (κ1) is 12.9. The molecule has 0 atom stereocenters. The van der Waals surface area contributed by atoms with Gasteiger partial charge in [0.2, 0.25) is 5.91 Å². The molecule has 1 aromatic rings. The molecule has 2 aliphatic carbocycles. The van der Waals surface area contributed by atoms with Crippen LogP contribution in [0.2, 0.25) is 0 Å². The second kappa shape index (κ2) is 5.13. The summed E-state index contributed by atoms with van der Waals surface area (Å²) >= 11 is 1.41. The number of nitrogens with zero attached hydrogens (tertiary/aromatic N) is 3. The van der Waals surface area contributed by atoms with Crippen LogP contribution in [0.1, 0.15) is 38.1 Å². The van der Waals surface area contributed by atoms with Crippen LogP contribution in [-0.2, 0) is 4.79 Å². The van der Waals surface area contributed by atoms with Gasteiger partial charge < -0.3 is 15.0 Å². The van der Waals surface area contributed by atoms with Crippen molar-refractivity contribution in [2.75, 3.05) is 12.4 Å². The first-order valence-corrected chi connectivity index (χ1v) is 7.65. The Kier molecular flexibility index (Phi) is 3.49. The SMILES string of the molecule is O=C(CSc1nncn1C1CC1)NC1(CO)CCC1. The molecule has 1 amide bonds. The van der Waals surface area contributed by atoms with Crippen molar-refractivity contribution in [2.45, 2.75) is 48.8 Å². The molecule has 2 N–H and O–H groups in total. The van der Waals surface area contributed by atoms with Gasteiger partial charge in [0.25, 0.3) is 0 Å². The predicted octanol–water partition coefficient (Wildman–Crippen LogP) is 0.736. The summed E-state index contributed by atoms with van der Waals surface area (Å²) in [6.07, 6.45) is 6.90. The number of rotatable bonds is 6. The van der Waals surface area contributed by atoms with Crippen molar-refractivity contribution in [3.8, 4) is 0 Å². The third kappa shape index (κ3) is 2.76. The van der Waals surface area contributed by atoms with E-state index in [1.807, 2.05) is 4.57 Å². The molecule has 0 aliphatic heterocycles. The second-order valence-electron chi connectivity index (χ2n) is 5.38. The van der Waals surface area contributed by atoms with Crippen molar-refractivity contribution in [3.05, 3.63) is 6.33 Å². The lowest BCUT2D eigenvalue weighted by atomic mass is 9.77. The summed E-state index contributed by atoms with van der Waals surface area (Å²) in [5.41, 5.74) is -0.359. The number of hydrogen-bond acceptors (Lipinski definition) is 5. The quantitative estimate of drug-likeness (QED) is 0.752. The highest BCUT2D eigenvalue weighted by atomic mass is 32.2. The average molecular weight is 282 g/mol. The molecular weight excluding hydrogens is 264 g/mol. The Morgan fingerprint density at radius 2 is 2.37 bits per heavy atom. The van der Waals surface area contributed by atoms with Crippen molar-refractivity contribution < 1.29 is 9.90 Å². The van der Waals surface area contributed by atoms with Gasteiger partial charge in [-0.1, -0.05) is 11.8 Å². The van der Waals surface area contributed by atoms with Crippen LogP contribution in [0, 0.1) is 0 Å². The van der Waals surface area contributed by atoms with E-state index in [1.54, 1.807) is 6.33 Å². The van der Waals surface area contributed by atoms with Gasteiger partial charge in [0.1, 0.15) is 6.33 Å². The van der Waals surface area contributed by atoms with E-state index in [0.717, 1.165) is 24.4 Å². The topological polar surface area (TPSA) is 80.0 Å². The molecule has 6 nitrogen and oxygen atoms in total. The Hall–Kier alpha value is -1.08. The molecule has 1 heterocycles. The molecule has 104 valence electrons. The van der Waals surface area contributed by atoms with E-state index in [2.05, 4.69) is 15.5 Å². The Morgan fingerprint density at radius 1 is 1.58 bits per heavy atom. The molecule has 2 saturated carbocycles. The van der Waals surface area contributed by atoms with E-state index in [4.69, 9.17) is 0 Å². The lowest BCUT2D eigenvalue weighted by molar-refractivity contribution is -0.122. The molecule has 0 saturated heterocycles. The second-order valence-corrected chi connectivity index (χ2v) is 6.32. The standard InChI is InChI=1S/C12H18N4O2S/c17-7-12(4-1-5-12)14-10(18)6-19-11-15-13-8-16(11)9-2-3-9/h8-9,17H,1-7H2,(H,14,18). The van der Waals surface area contributed by atoms with Gasteiger partial charge in [-0.05, 0) is 32.1 Å². The summed E-state index contributed by atoms with van der Waals surface area (Å²) < 4.78 is 2.04. The number of hydrogen-bond donors (Lipinski definition) is 2. The van der Waals surface area contributed by atoms with Crippen LogP contribution in [0.4, 0.5) is 0 Å². The van der Waals surface area contributed by atoms with E-state index in [9.17, 15) is 9.90 Å². The summed E-state index contributed by atoms with van der Waals surface area (Å²) in [6, 6.07) is 0.524. The molecule has 2 fully saturated rings. The van der Waals surface area contributed by atoms with Gasteiger partial charge >= 0.3 is 0 Å². The normalized spacial score (nSPS) is 20.9. The zero-order chi connectivity index (χ0) is 13.3. The number of thioether (sulfide) groups is 1. The minimum Gasteiger partial charge on any atom is -0.394 e. The van der Waals surface area contributed by atoms with E-state index in [-0.39, 0.29) is 18.1 Å². The van der Waals surface area contributed by atoms with Crippen molar-refractivity contribution in [3.63, 3.8) is 0 Å². The molecule has 0 unspecified atom stereocenters. The van der Waals surface area contributed by atoms with Gasteiger partial charge in [0, 0.05) is 6.04 Å². The third-order valence-electron chi connectivity index (χ3n) is 3.83. The largest absolute Gasteiger partial charge is 0.394 e. The average Bonchev–Trinajstić information content (AvgIpc) is 3.10. The van der Waals surface area contributed by atoms with Crippen molar-refractivity contribution in [2.24, 2.45) is 0 Å². The first-order valence-electron chi connectivity index (χ1n) is 6.67. The number of aromatic nitrogens is 3. The van der Waals surface area contributed by atoms with Crippen molar-refractivity contribution in [1.82, 2.24) is 20.1 Å². The summed E-state index contributed by atoms with van der Waals surface area (Å²) in [7, 11) is 0. The number of carbonyl (C=O) groups excluding carboxylic acids is 1. The lowest BCUT2D eigenvalue weighted by Gasteiger charge is -2.40. The van der Waals surface area contributed by atoms with Gasteiger partial charge in [-0.15, -0.1) is 10.2 Å². The molecule has 7 heteroatoms. The van der Waals surface area contributed by atoms with E-state index in [1.165, 1.54) is 24.6 Å². The molecule has 1 aromatic heterocycles. The van der Waals surface area contributed by atoms with Gasteiger partial charge in [-0.3, -0.25) is 4.79 Å². The molecule has 19 heavy (non-hydrogen) atoms. The number of aliphatic hydroxyl groups excluding tert-OH is 1. The highest BCUT2D eigenvalue weighted by Crippen LogP contribution is 2.37. The van der Waals surface area contributed by atoms with Crippen LogP contribution < -0.4 is 5.32 Å². The molecule has 3 rings (SSSR count). The fourth-order valence-electron chi connectivity index (χ4n) is 2.33. The fraction of sp³-hybridized carbons (Fsp3) is 0.750.